The van der Waals surface area contributed by atoms with Crippen LogP contribution in [0.1, 0.15) is 33.6 Å². The summed E-state index contributed by atoms with van der Waals surface area (Å²) in [6, 6.07) is 0. The van der Waals surface area contributed by atoms with Crippen molar-refractivity contribution >= 4 is 22.1 Å². The quantitative estimate of drug-likeness (QED) is 0.585. The first-order chi connectivity index (χ1) is 9.86. The molecule has 2 fully saturated rings. The predicted octanol–water partition coefficient (Wildman–Crippen LogP) is 0.877. The molecule has 0 aromatic heterocycles. The summed E-state index contributed by atoms with van der Waals surface area (Å²) in [7, 11) is -4.50. The van der Waals surface area contributed by atoms with E-state index >= 15 is 0 Å². The van der Waals surface area contributed by atoms with Crippen LogP contribution in [0.4, 0.5) is 4.39 Å². The standard InChI is InChI=1S/C13H19FO7S/c1-11(2)12(3)4-5-13(11,21-9(12)15)10(16)20-6-8(14)7-22(17,18)19/h8H,4-7H2,1-3H3,(H,17,18,19). The van der Waals surface area contributed by atoms with Crippen molar-refractivity contribution in [3.63, 3.8) is 0 Å². The molecule has 1 saturated heterocycles. The Morgan fingerprint density at radius 1 is 1.41 bits per heavy atom. The first-order valence-corrected chi connectivity index (χ1v) is 8.46. The van der Waals surface area contributed by atoms with Gasteiger partial charge in [0.25, 0.3) is 10.1 Å². The minimum atomic E-state index is -4.50. The summed E-state index contributed by atoms with van der Waals surface area (Å²) in [5.74, 6) is -2.53. The fourth-order valence-corrected chi connectivity index (χ4v) is 3.81. The predicted molar refractivity (Wildman–Crippen MR) is 72.2 cm³/mol. The van der Waals surface area contributed by atoms with Gasteiger partial charge in [-0.3, -0.25) is 9.35 Å². The van der Waals surface area contributed by atoms with Gasteiger partial charge in [0, 0.05) is 5.41 Å². The van der Waals surface area contributed by atoms with Crippen LogP contribution in [0.2, 0.25) is 0 Å². The Bertz CT molecular complexity index is 614. The number of ether oxygens (including phenoxy) is 2. The molecule has 1 saturated carbocycles. The molecular formula is C13H19FO7S. The molecule has 3 atom stereocenters. The van der Waals surface area contributed by atoms with E-state index in [-0.39, 0.29) is 6.42 Å². The summed E-state index contributed by atoms with van der Waals surface area (Å²) < 4.78 is 53.1. The third-order valence-corrected chi connectivity index (χ3v) is 5.98. The Labute approximate surface area is 127 Å². The highest BCUT2D eigenvalue weighted by atomic mass is 32.2. The van der Waals surface area contributed by atoms with Gasteiger partial charge in [0.2, 0.25) is 5.60 Å². The third kappa shape index (κ3) is 2.30. The van der Waals surface area contributed by atoms with Gasteiger partial charge in [0.1, 0.15) is 12.4 Å². The average molecular weight is 338 g/mol. The van der Waals surface area contributed by atoms with Gasteiger partial charge in [-0.1, -0.05) is 13.8 Å². The molecule has 3 unspecified atom stereocenters. The van der Waals surface area contributed by atoms with E-state index in [1.165, 1.54) is 0 Å². The molecule has 2 rings (SSSR count). The molecule has 0 spiro atoms. The van der Waals surface area contributed by atoms with Crippen molar-refractivity contribution in [2.45, 2.75) is 45.4 Å². The normalized spacial score (nSPS) is 34.3. The van der Waals surface area contributed by atoms with Gasteiger partial charge in [-0.05, 0) is 19.8 Å². The third-order valence-electron chi connectivity index (χ3n) is 5.20. The Morgan fingerprint density at radius 3 is 2.41 bits per heavy atom. The summed E-state index contributed by atoms with van der Waals surface area (Å²) in [5.41, 5.74) is -3.10. The molecule has 22 heavy (non-hydrogen) atoms. The number of alkyl halides is 1. The lowest BCUT2D eigenvalue weighted by Gasteiger charge is -2.34. The number of carbonyl (C=O) groups is 2. The number of esters is 2. The van der Waals surface area contributed by atoms with Crippen LogP contribution in [-0.4, -0.2) is 49.0 Å². The second-order valence-electron chi connectivity index (χ2n) is 6.62. The molecule has 9 heteroatoms. The molecule has 0 aromatic carbocycles. The number of rotatable bonds is 5. The zero-order valence-electron chi connectivity index (χ0n) is 12.6. The highest BCUT2D eigenvalue weighted by molar-refractivity contribution is 7.85. The number of hydrogen-bond acceptors (Lipinski definition) is 6. The van der Waals surface area contributed by atoms with Gasteiger partial charge >= 0.3 is 11.9 Å². The molecule has 2 bridgehead atoms. The van der Waals surface area contributed by atoms with Crippen molar-refractivity contribution in [2.24, 2.45) is 10.8 Å². The van der Waals surface area contributed by atoms with Crippen molar-refractivity contribution in [2.75, 3.05) is 12.4 Å². The zero-order valence-corrected chi connectivity index (χ0v) is 13.4. The van der Waals surface area contributed by atoms with Crippen molar-refractivity contribution in [1.29, 1.82) is 0 Å². The van der Waals surface area contributed by atoms with E-state index in [0.29, 0.717) is 6.42 Å². The van der Waals surface area contributed by atoms with E-state index in [2.05, 4.69) is 0 Å². The van der Waals surface area contributed by atoms with Crippen LogP contribution in [-0.2, 0) is 29.2 Å². The monoisotopic (exact) mass is 338 g/mol. The fourth-order valence-electron chi connectivity index (χ4n) is 3.26. The van der Waals surface area contributed by atoms with E-state index in [1.807, 2.05) is 0 Å². The summed E-state index contributed by atoms with van der Waals surface area (Å²) in [6.45, 7) is 4.33. The number of halogens is 1. The summed E-state index contributed by atoms with van der Waals surface area (Å²) >= 11 is 0. The number of hydrogen-bond donors (Lipinski definition) is 1. The minimum Gasteiger partial charge on any atom is -0.460 e. The topological polar surface area (TPSA) is 107 Å². The second kappa shape index (κ2) is 4.89. The van der Waals surface area contributed by atoms with Crippen LogP contribution in [0.15, 0.2) is 0 Å². The van der Waals surface area contributed by atoms with Crippen LogP contribution in [0.25, 0.3) is 0 Å². The average Bonchev–Trinajstić information content (AvgIpc) is 2.64. The van der Waals surface area contributed by atoms with Crippen LogP contribution in [0.5, 0.6) is 0 Å². The summed E-state index contributed by atoms with van der Waals surface area (Å²) in [5, 5.41) is 0. The second-order valence-corrected chi connectivity index (χ2v) is 8.12. The van der Waals surface area contributed by atoms with Crippen molar-refractivity contribution in [3.8, 4) is 0 Å². The maximum Gasteiger partial charge on any atom is 0.351 e. The van der Waals surface area contributed by atoms with Crippen LogP contribution in [0, 0.1) is 10.8 Å². The van der Waals surface area contributed by atoms with Crippen molar-refractivity contribution in [1.82, 2.24) is 0 Å². The molecule has 0 radical (unpaired) electrons. The molecule has 0 amide bonds. The minimum absolute atomic E-state index is 0.274. The summed E-state index contributed by atoms with van der Waals surface area (Å²) in [6.07, 6.45) is -1.32. The van der Waals surface area contributed by atoms with E-state index < -0.39 is 57.0 Å². The van der Waals surface area contributed by atoms with E-state index in [1.54, 1.807) is 20.8 Å². The largest absolute Gasteiger partial charge is 0.460 e. The lowest BCUT2D eigenvalue weighted by atomic mass is 9.66. The molecule has 1 heterocycles. The molecule has 2 aliphatic rings. The number of fused-ring (bicyclic) bond motifs is 2. The Morgan fingerprint density at radius 2 is 2.00 bits per heavy atom. The SMILES string of the molecule is CC12CCC(C(=O)OCC(F)CS(=O)(=O)O)(OC1=O)C2(C)C. The van der Waals surface area contributed by atoms with Gasteiger partial charge in [-0.25, -0.2) is 9.18 Å². The molecule has 1 aliphatic heterocycles. The molecule has 1 aliphatic carbocycles. The van der Waals surface area contributed by atoms with Gasteiger partial charge in [-0.15, -0.1) is 0 Å². The number of carbonyl (C=O) groups excluding carboxylic acids is 2. The Hall–Kier alpha value is -1.22. The van der Waals surface area contributed by atoms with Gasteiger partial charge in [-0.2, -0.15) is 8.42 Å². The van der Waals surface area contributed by atoms with Gasteiger partial charge in [0.05, 0.1) is 5.41 Å². The van der Waals surface area contributed by atoms with Crippen molar-refractivity contribution in [3.05, 3.63) is 0 Å². The van der Waals surface area contributed by atoms with Crippen molar-refractivity contribution < 1.29 is 36.4 Å². The molecule has 1 N–H and O–H groups in total. The fraction of sp³-hybridized carbons (Fsp3) is 0.846. The Kier molecular flexibility index (Phi) is 3.81. The zero-order chi connectivity index (χ0) is 17.0. The highest BCUT2D eigenvalue weighted by Gasteiger charge is 2.76. The lowest BCUT2D eigenvalue weighted by Crippen LogP contribution is -2.49. The lowest BCUT2D eigenvalue weighted by molar-refractivity contribution is -0.184. The first-order valence-electron chi connectivity index (χ1n) is 6.86. The maximum absolute atomic E-state index is 13.4. The van der Waals surface area contributed by atoms with Crippen LogP contribution in [0.3, 0.4) is 0 Å². The summed E-state index contributed by atoms with van der Waals surface area (Å²) in [4.78, 5) is 24.3. The molecule has 7 nitrogen and oxygen atoms in total. The van der Waals surface area contributed by atoms with E-state index in [9.17, 15) is 22.4 Å². The van der Waals surface area contributed by atoms with Gasteiger partial charge < -0.3 is 9.47 Å². The van der Waals surface area contributed by atoms with Crippen LogP contribution < -0.4 is 0 Å². The van der Waals surface area contributed by atoms with E-state index in [0.717, 1.165) is 0 Å². The van der Waals surface area contributed by atoms with E-state index in [4.69, 9.17) is 14.0 Å². The molecule has 126 valence electrons. The maximum atomic E-state index is 13.4. The smallest absolute Gasteiger partial charge is 0.351 e. The first kappa shape index (κ1) is 17.1. The van der Waals surface area contributed by atoms with Crippen LogP contribution >= 0.6 is 0 Å². The highest BCUT2D eigenvalue weighted by Crippen LogP contribution is 2.65. The molecular weight excluding hydrogens is 319 g/mol. The van der Waals surface area contributed by atoms with Gasteiger partial charge in [0.15, 0.2) is 6.17 Å². The molecule has 0 aromatic rings. The Balaban J connectivity index is 2.09.